The molecule has 20 heavy (non-hydrogen) atoms. The van der Waals surface area contributed by atoms with Crippen LogP contribution in [-0.2, 0) is 4.74 Å². The monoisotopic (exact) mass is 283 g/mol. The van der Waals surface area contributed by atoms with Crippen LogP contribution in [0.4, 0.5) is 4.79 Å². The first-order valence-corrected chi connectivity index (χ1v) is 8.01. The van der Waals surface area contributed by atoms with Crippen LogP contribution in [0.5, 0.6) is 0 Å². The quantitative estimate of drug-likeness (QED) is 0.789. The molecule has 0 bridgehead atoms. The highest BCUT2D eigenvalue weighted by Gasteiger charge is 2.30. The van der Waals surface area contributed by atoms with Gasteiger partial charge < -0.3 is 9.64 Å². The van der Waals surface area contributed by atoms with Crippen molar-refractivity contribution in [2.75, 3.05) is 45.9 Å². The molecule has 0 aliphatic carbocycles. The summed E-state index contributed by atoms with van der Waals surface area (Å²) in [5, 5.41) is 0. The molecule has 1 atom stereocenters. The van der Waals surface area contributed by atoms with Crippen LogP contribution >= 0.6 is 0 Å². The maximum Gasteiger partial charge on any atom is 0.409 e. The Morgan fingerprint density at radius 3 is 2.50 bits per heavy atom. The first-order valence-electron chi connectivity index (χ1n) is 8.01. The van der Waals surface area contributed by atoms with Crippen LogP contribution < -0.4 is 0 Å². The Hall–Kier alpha value is -0.810. The second-order valence-electron chi connectivity index (χ2n) is 6.11. The number of hydrogen-bond acceptors (Lipinski definition) is 4. The van der Waals surface area contributed by atoms with Gasteiger partial charge in [-0.15, -0.1) is 0 Å². The van der Waals surface area contributed by atoms with Crippen LogP contribution in [0.3, 0.4) is 0 Å². The van der Waals surface area contributed by atoms with Crippen LogP contribution in [0.1, 0.15) is 33.6 Å². The molecule has 2 rings (SSSR count). The fourth-order valence-corrected chi connectivity index (χ4v) is 3.23. The largest absolute Gasteiger partial charge is 0.450 e. The van der Waals surface area contributed by atoms with Crippen molar-refractivity contribution >= 4 is 6.09 Å². The van der Waals surface area contributed by atoms with Crippen molar-refractivity contribution in [1.29, 1.82) is 0 Å². The first kappa shape index (κ1) is 15.6. The van der Waals surface area contributed by atoms with Crippen molar-refractivity contribution in [2.45, 2.75) is 45.7 Å². The zero-order valence-corrected chi connectivity index (χ0v) is 13.2. The topological polar surface area (TPSA) is 36.0 Å². The van der Waals surface area contributed by atoms with Gasteiger partial charge in [-0.25, -0.2) is 4.79 Å². The summed E-state index contributed by atoms with van der Waals surface area (Å²) in [4.78, 5) is 18.7. The van der Waals surface area contributed by atoms with Gasteiger partial charge in [-0.3, -0.25) is 9.80 Å². The van der Waals surface area contributed by atoms with Crippen molar-refractivity contribution in [3.63, 3.8) is 0 Å². The maximum absolute atomic E-state index is 11.7. The number of carbonyl (C=O) groups is 1. The average Bonchev–Trinajstić information content (AvgIpc) is 2.48. The molecule has 2 aliphatic heterocycles. The Labute approximate surface area is 122 Å². The van der Waals surface area contributed by atoms with E-state index in [0.29, 0.717) is 18.7 Å². The summed E-state index contributed by atoms with van der Waals surface area (Å²) in [6.45, 7) is 12.9. The molecular weight excluding hydrogens is 254 g/mol. The van der Waals surface area contributed by atoms with Gasteiger partial charge in [0.05, 0.1) is 6.61 Å². The van der Waals surface area contributed by atoms with Crippen LogP contribution in [0.2, 0.25) is 0 Å². The third-order valence-electron chi connectivity index (χ3n) is 4.51. The highest BCUT2D eigenvalue weighted by Crippen LogP contribution is 2.19. The minimum Gasteiger partial charge on any atom is -0.450 e. The second kappa shape index (κ2) is 7.27. The first-order chi connectivity index (χ1) is 9.61. The molecule has 2 heterocycles. The number of rotatable bonds is 3. The van der Waals surface area contributed by atoms with E-state index >= 15 is 0 Å². The lowest BCUT2D eigenvalue weighted by molar-refractivity contribution is 0.0363. The predicted molar refractivity (Wildman–Crippen MR) is 79.9 cm³/mol. The Balaban J connectivity index is 1.80. The van der Waals surface area contributed by atoms with Crippen LogP contribution in [-0.4, -0.2) is 78.8 Å². The van der Waals surface area contributed by atoms with Crippen molar-refractivity contribution in [3.8, 4) is 0 Å². The third kappa shape index (κ3) is 3.85. The van der Waals surface area contributed by atoms with Gasteiger partial charge >= 0.3 is 6.09 Å². The molecule has 0 aromatic heterocycles. The number of nitrogens with zero attached hydrogens (tertiary/aromatic N) is 3. The Morgan fingerprint density at radius 2 is 1.90 bits per heavy atom. The van der Waals surface area contributed by atoms with Gasteiger partial charge in [-0.2, -0.15) is 0 Å². The highest BCUT2D eigenvalue weighted by atomic mass is 16.6. The van der Waals surface area contributed by atoms with Crippen LogP contribution in [0, 0.1) is 0 Å². The van der Waals surface area contributed by atoms with Gasteiger partial charge in [0.2, 0.25) is 0 Å². The zero-order chi connectivity index (χ0) is 14.5. The highest BCUT2D eigenvalue weighted by molar-refractivity contribution is 5.67. The molecule has 2 saturated heterocycles. The van der Waals surface area contributed by atoms with Crippen molar-refractivity contribution < 1.29 is 9.53 Å². The molecule has 5 heteroatoms. The van der Waals surface area contributed by atoms with E-state index in [1.807, 2.05) is 11.8 Å². The number of carbonyl (C=O) groups excluding carboxylic acids is 1. The molecule has 0 aromatic carbocycles. The third-order valence-corrected chi connectivity index (χ3v) is 4.51. The molecule has 1 amide bonds. The van der Waals surface area contributed by atoms with Gasteiger partial charge in [0.1, 0.15) is 0 Å². The Kier molecular flexibility index (Phi) is 5.66. The molecule has 5 nitrogen and oxygen atoms in total. The van der Waals surface area contributed by atoms with Gasteiger partial charge in [0.15, 0.2) is 0 Å². The summed E-state index contributed by atoms with van der Waals surface area (Å²) in [6, 6.07) is 1.30. The van der Waals surface area contributed by atoms with Gasteiger partial charge in [-0.1, -0.05) is 0 Å². The fraction of sp³-hybridized carbons (Fsp3) is 0.933. The molecule has 116 valence electrons. The molecule has 0 spiro atoms. The van der Waals surface area contributed by atoms with E-state index in [0.717, 1.165) is 26.2 Å². The van der Waals surface area contributed by atoms with E-state index in [9.17, 15) is 4.79 Å². The maximum atomic E-state index is 11.7. The fourth-order valence-electron chi connectivity index (χ4n) is 3.23. The minimum absolute atomic E-state index is 0.153. The summed E-state index contributed by atoms with van der Waals surface area (Å²) < 4.78 is 5.07. The SMILES string of the molecule is CCOC(=O)N1CCN(C2CCCN(C(C)C)C2)CC1. The van der Waals surface area contributed by atoms with E-state index in [2.05, 4.69) is 23.6 Å². The summed E-state index contributed by atoms with van der Waals surface area (Å²) >= 11 is 0. The summed E-state index contributed by atoms with van der Waals surface area (Å²) in [5.74, 6) is 0. The summed E-state index contributed by atoms with van der Waals surface area (Å²) in [7, 11) is 0. The van der Waals surface area contributed by atoms with E-state index in [1.165, 1.54) is 25.9 Å². The molecule has 0 aromatic rings. The van der Waals surface area contributed by atoms with E-state index in [-0.39, 0.29) is 6.09 Å². The number of ether oxygens (including phenoxy) is 1. The van der Waals surface area contributed by atoms with E-state index < -0.39 is 0 Å². The number of piperazine rings is 1. The lowest BCUT2D eigenvalue weighted by atomic mass is 10.0. The van der Waals surface area contributed by atoms with Gasteiger partial charge in [-0.05, 0) is 40.2 Å². The Morgan fingerprint density at radius 1 is 1.20 bits per heavy atom. The standard InChI is InChI=1S/C15H29N3O2/c1-4-20-15(19)17-10-8-16(9-11-17)14-6-5-7-18(12-14)13(2)3/h13-14H,4-12H2,1-3H3. The molecule has 2 fully saturated rings. The molecule has 1 unspecified atom stereocenters. The lowest BCUT2D eigenvalue weighted by Crippen LogP contribution is -2.56. The lowest BCUT2D eigenvalue weighted by Gasteiger charge is -2.44. The molecule has 0 N–H and O–H groups in total. The van der Waals surface area contributed by atoms with Crippen molar-refractivity contribution in [2.24, 2.45) is 0 Å². The normalized spacial score (nSPS) is 26.0. The predicted octanol–water partition coefficient (Wildman–Crippen LogP) is 1.63. The van der Waals surface area contributed by atoms with E-state index in [4.69, 9.17) is 4.74 Å². The van der Waals surface area contributed by atoms with Crippen molar-refractivity contribution in [3.05, 3.63) is 0 Å². The summed E-state index contributed by atoms with van der Waals surface area (Å²) in [5.41, 5.74) is 0. The zero-order valence-electron chi connectivity index (χ0n) is 13.2. The summed E-state index contributed by atoms with van der Waals surface area (Å²) in [6.07, 6.45) is 2.43. The second-order valence-corrected chi connectivity index (χ2v) is 6.11. The van der Waals surface area contributed by atoms with Crippen LogP contribution in [0.15, 0.2) is 0 Å². The Bertz CT molecular complexity index is 314. The molecule has 0 saturated carbocycles. The minimum atomic E-state index is -0.153. The van der Waals surface area contributed by atoms with Gasteiger partial charge in [0.25, 0.3) is 0 Å². The molecule has 2 aliphatic rings. The average molecular weight is 283 g/mol. The number of likely N-dealkylation sites (tertiary alicyclic amines) is 1. The van der Waals surface area contributed by atoms with Gasteiger partial charge in [0, 0.05) is 44.8 Å². The number of hydrogen-bond donors (Lipinski definition) is 0. The van der Waals surface area contributed by atoms with Crippen molar-refractivity contribution in [1.82, 2.24) is 14.7 Å². The smallest absolute Gasteiger partial charge is 0.409 e. The molecule has 0 radical (unpaired) electrons. The molecular formula is C15H29N3O2. The van der Waals surface area contributed by atoms with Crippen LogP contribution in [0.25, 0.3) is 0 Å². The number of amides is 1. The van der Waals surface area contributed by atoms with E-state index in [1.54, 1.807) is 0 Å². The number of piperidine rings is 1.